The molecule has 0 atom stereocenters. The Balaban J connectivity index is 1.63. The fourth-order valence-corrected chi connectivity index (χ4v) is 2.84. The first kappa shape index (κ1) is 16.3. The van der Waals surface area contributed by atoms with Gasteiger partial charge >= 0.3 is 0 Å². The number of nitrogens with one attached hydrogen (secondary N) is 1. The van der Waals surface area contributed by atoms with Crippen LogP contribution < -0.4 is 15.8 Å². The summed E-state index contributed by atoms with van der Waals surface area (Å²) in [7, 11) is 0. The third-order valence-electron chi connectivity index (χ3n) is 3.16. The van der Waals surface area contributed by atoms with Crippen molar-refractivity contribution in [1.29, 1.82) is 0 Å². The van der Waals surface area contributed by atoms with Gasteiger partial charge in [0, 0.05) is 16.6 Å². The molecule has 3 rings (SSSR count). The molecule has 2 aromatic carbocycles. The van der Waals surface area contributed by atoms with Gasteiger partial charge in [0.15, 0.2) is 11.7 Å². The lowest BCUT2D eigenvalue weighted by Crippen LogP contribution is -2.20. The molecule has 1 heterocycles. The van der Waals surface area contributed by atoms with E-state index in [1.807, 2.05) is 23.6 Å². The lowest BCUT2D eigenvalue weighted by Gasteiger charge is -2.09. The van der Waals surface area contributed by atoms with Crippen molar-refractivity contribution in [1.82, 2.24) is 4.98 Å². The second-order valence-electron chi connectivity index (χ2n) is 4.92. The van der Waals surface area contributed by atoms with Crippen LogP contribution in [-0.4, -0.2) is 17.5 Å². The molecule has 0 fully saturated rings. The maximum absolute atomic E-state index is 12.0. The molecule has 0 spiro atoms. The molecule has 0 saturated heterocycles. The highest BCUT2D eigenvalue weighted by Crippen LogP contribution is 2.26. The van der Waals surface area contributed by atoms with Gasteiger partial charge in [0.05, 0.1) is 10.7 Å². The number of thiazole rings is 1. The predicted octanol–water partition coefficient (Wildman–Crippen LogP) is 4.06. The van der Waals surface area contributed by atoms with E-state index >= 15 is 0 Å². The van der Waals surface area contributed by atoms with Crippen molar-refractivity contribution < 1.29 is 9.53 Å². The molecule has 0 aliphatic rings. The molecule has 0 aliphatic carbocycles. The fourth-order valence-electron chi connectivity index (χ4n) is 2.08. The number of aromatic nitrogens is 1. The summed E-state index contributed by atoms with van der Waals surface area (Å²) >= 11 is 7.36. The van der Waals surface area contributed by atoms with E-state index < -0.39 is 0 Å². The third kappa shape index (κ3) is 4.04. The number of nitrogens with zero attached hydrogens (tertiary/aromatic N) is 1. The second-order valence-corrected chi connectivity index (χ2v) is 6.22. The van der Waals surface area contributed by atoms with Crippen LogP contribution in [0, 0.1) is 0 Å². The Morgan fingerprint density at radius 1 is 1.25 bits per heavy atom. The summed E-state index contributed by atoms with van der Waals surface area (Å²) in [5, 5.41) is 5.63. The molecule has 1 aromatic heterocycles. The molecule has 24 heavy (non-hydrogen) atoms. The first-order chi connectivity index (χ1) is 11.6. The first-order valence-corrected chi connectivity index (χ1v) is 8.36. The van der Waals surface area contributed by atoms with Gasteiger partial charge in [-0.1, -0.05) is 35.9 Å². The molecule has 0 saturated carbocycles. The summed E-state index contributed by atoms with van der Waals surface area (Å²) in [6.45, 7) is -0.127. The number of nitrogens with two attached hydrogens (primary N) is 1. The van der Waals surface area contributed by atoms with E-state index in [0.717, 1.165) is 11.3 Å². The highest BCUT2D eigenvalue weighted by atomic mass is 35.5. The summed E-state index contributed by atoms with van der Waals surface area (Å²) in [5.74, 6) is 0.200. The largest absolute Gasteiger partial charge is 0.482 e. The maximum atomic E-state index is 12.0. The number of carbonyl (C=O) groups excluding carboxylic acids is 1. The van der Waals surface area contributed by atoms with Crippen molar-refractivity contribution in [2.75, 3.05) is 17.7 Å². The number of rotatable bonds is 5. The van der Waals surface area contributed by atoms with Crippen LogP contribution in [0.15, 0.2) is 53.9 Å². The Labute approximate surface area is 148 Å². The molecule has 3 aromatic rings. The molecule has 0 radical (unpaired) electrons. The van der Waals surface area contributed by atoms with Crippen LogP contribution in [0.5, 0.6) is 5.75 Å². The Morgan fingerprint density at radius 2 is 2.08 bits per heavy atom. The number of amides is 1. The number of benzene rings is 2. The van der Waals surface area contributed by atoms with E-state index in [0.29, 0.717) is 21.6 Å². The summed E-state index contributed by atoms with van der Waals surface area (Å²) in [4.78, 5) is 16.3. The minimum absolute atomic E-state index is 0.127. The van der Waals surface area contributed by atoms with Crippen molar-refractivity contribution in [3.05, 3.63) is 58.9 Å². The monoisotopic (exact) mass is 359 g/mol. The molecular weight excluding hydrogens is 346 g/mol. The van der Waals surface area contributed by atoms with Crippen molar-refractivity contribution in [3.8, 4) is 17.0 Å². The molecule has 122 valence electrons. The molecule has 0 aliphatic heterocycles. The van der Waals surface area contributed by atoms with Crippen LogP contribution >= 0.6 is 22.9 Å². The minimum atomic E-state index is -0.273. The highest BCUT2D eigenvalue weighted by molar-refractivity contribution is 7.13. The van der Waals surface area contributed by atoms with Gasteiger partial charge in [-0.3, -0.25) is 4.79 Å². The van der Waals surface area contributed by atoms with Crippen molar-refractivity contribution in [3.63, 3.8) is 0 Å². The summed E-state index contributed by atoms with van der Waals surface area (Å²) in [6.07, 6.45) is 0. The van der Waals surface area contributed by atoms with E-state index in [4.69, 9.17) is 22.1 Å². The summed E-state index contributed by atoms with van der Waals surface area (Å²) < 4.78 is 5.42. The van der Waals surface area contributed by atoms with Crippen molar-refractivity contribution in [2.45, 2.75) is 0 Å². The highest BCUT2D eigenvalue weighted by Gasteiger charge is 2.08. The van der Waals surface area contributed by atoms with Crippen LogP contribution in [0.2, 0.25) is 5.02 Å². The Bertz CT molecular complexity index is 866. The van der Waals surface area contributed by atoms with Gasteiger partial charge in [-0.15, -0.1) is 11.3 Å². The zero-order valence-electron chi connectivity index (χ0n) is 12.5. The maximum Gasteiger partial charge on any atom is 0.262 e. The lowest BCUT2D eigenvalue weighted by molar-refractivity contribution is -0.118. The molecular formula is C17H14ClN3O2S. The Hall–Kier alpha value is -2.57. The number of nitrogen functional groups attached to an aromatic ring is 1. The predicted molar refractivity (Wildman–Crippen MR) is 97.5 cm³/mol. The van der Waals surface area contributed by atoms with Crippen molar-refractivity contribution >= 4 is 39.7 Å². The number of hydrogen-bond acceptors (Lipinski definition) is 5. The zero-order chi connectivity index (χ0) is 16.9. The molecule has 5 nitrogen and oxygen atoms in total. The van der Waals surface area contributed by atoms with Gasteiger partial charge in [-0.05, 0) is 24.3 Å². The second kappa shape index (κ2) is 7.33. The molecule has 1 amide bonds. The summed E-state index contributed by atoms with van der Waals surface area (Å²) in [5.41, 5.74) is 7.97. The lowest BCUT2D eigenvalue weighted by atomic mass is 10.1. The van der Waals surface area contributed by atoms with Crippen LogP contribution in [0.4, 0.5) is 10.8 Å². The topological polar surface area (TPSA) is 77.2 Å². The van der Waals surface area contributed by atoms with Gasteiger partial charge in [-0.2, -0.15) is 0 Å². The number of anilines is 2. The minimum Gasteiger partial charge on any atom is -0.482 e. The number of carbonyl (C=O) groups is 1. The van der Waals surface area contributed by atoms with Crippen molar-refractivity contribution in [2.24, 2.45) is 0 Å². The van der Waals surface area contributed by atoms with E-state index in [9.17, 15) is 4.79 Å². The normalized spacial score (nSPS) is 10.4. The average molecular weight is 360 g/mol. The van der Waals surface area contributed by atoms with Gasteiger partial charge in [-0.25, -0.2) is 4.98 Å². The molecule has 0 unspecified atom stereocenters. The Morgan fingerprint density at radius 3 is 2.83 bits per heavy atom. The third-order valence-corrected chi connectivity index (χ3v) is 4.15. The molecule has 7 heteroatoms. The number of halogens is 1. The number of para-hydroxylation sites is 1. The van der Waals surface area contributed by atoms with Crippen LogP contribution in [0.25, 0.3) is 11.3 Å². The SMILES string of the molecule is Nc1nc(-c2cccc(NC(=O)COc3ccccc3Cl)c2)cs1. The quantitative estimate of drug-likeness (QED) is 0.720. The van der Waals surface area contributed by atoms with Gasteiger partial charge in [0.1, 0.15) is 5.75 Å². The zero-order valence-corrected chi connectivity index (χ0v) is 14.1. The summed E-state index contributed by atoms with van der Waals surface area (Å²) in [6, 6.07) is 14.4. The smallest absolute Gasteiger partial charge is 0.262 e. The number of hydrogen-bond donors (Lipinski definition) is 2. The first-order valence-electron chi connectivity index (χ1n) is 7.10. The van der Waals surface area contributed by atoms with E-state index in [2.05, 4.69) is 10.3 Å². The van der Waals surface area contributed by atoms with E-state index in [1.54, 1.807) is 30.3 Å². The molecule has 0 bridgehead atoms. The van der Waals surface area contributed by atoms with Gasteiger partial charge in [0.25, 0.3) is 5.91 Å². The van der Waals surface area contributed by atoms with Crippen LogP contribution in [0.1, 0.15) is 0 Å². The van der Waals surface area contributed by atoms with Gasteiger partial charge < -0.3 is 15.8 Å². The standard InChI is InChI=1S/C17H14ClN3O2S/c18-13-6-1-2-7-15(13)23-9-16(22)20-12-5-3-4-11(8-12)14-10-24-17(19)21-14/h1-8,10H,9H2,(H2,19,21)(H,20,22). The molecule has 3 N–H and O–H groups in total. The van der Waals surface area contributed by atoms with E-state index in [-0.39, 0.29) is 12.5 Å². The fraction of sp³-hybridized carbons (Fsp3) is 0.0588. The van der Waals surface area contributed by atoms with Crippen LogP contribution in [-0.2, 0) is 4.79 Å². The van der Waals surface area contributed by atoms with Gasteiger partial charge in [0.2, 0.25) is 0 Å². The van der Waals surface area contributed by atoms with E-state index in [1.165, 1.54) is 11.3 Å². The average Bonchev–Trinajstić information content (AvgIpc) is 3.01. The Kier molecular flexibility index (Phi) is 4.98. The number of ether oxygens (including phenoxy) is 1. The van der Waals surface area contributed by atoms with Crippen LogP contribution in [0.3, 0.4) is 0 Å².